The Morgan fingerprint density at radius 3 is 2.83 bits per heavy atom. The van der Waals surface area contributed by atoms with E-state index < -0.39 is 5.97 Å². The third kappa shape index (κ3) is 2.48. The molecule has 18 heavy (non-hydrogen) atoms. The number of hydrogen-bond donors (Lipinski definition) is 1. The van der Waals surface area contributed by atoms with Crippen molar-refractivity contribution < 1.29 is 9.53 Å². The van der Waals surface area contributed by atoms with E-state index in [4.69, 9.17) is 5.73 Å². The highest BCUT2D eigenvalue weighted by Gasteiger charge is 2.15. The van der Waals surface area contributed by atoms with Gasteiger partial charge in [0.2, 0.25) is 0 Å². The van der Waals surface area contributed by atoms with Crippen LogP contribution in [-0.4, -0.2) is 27.6 Å². The van der Waals surface area contributed by atoms with Gasteiger partial charge in [-0.25, -0.2) is 9.78 Å². The second-order valence-corrected chi connectivity index (χ2v) is 3.77. The lowest BCUT2D eigenvalue weighted by atomic mass is 10.2. The number of nitrogen functional groups attached to an aromatic ring is 1. The van der Waals surface area contributed by atoms with Gasteiger partial charge in [-0.2, -0.15) is 0 Å². The van der Waals surface area contributed by atoms with Crippen molar-refractivity contribution in [2.24, 2.45) is 0 Å². The number of aromatic nitrogens is 3. The molecule has 2 aromatic heterocycles. The molecule has 0 aromatic carbocycles. The molecule has 0 unspecified atom stereocenters. The molecule has 2 aromatic rings. The van der Waals surface area contributed by atoms with Crippen LogP contribution < -0.4 is 5.73 Å². The van der Waals surface area contributed by atoms with E-state index in [0.717, 1.165) is 12.0 Å². The van der Waals surface area contributed by atoms with E-state index in [1.54, 1.807) is 23.3 Å². The molecule has 2 N–H and O–H groups in total. The number of nitrogens with zero attached hydrogens (tertiary/aromatic N) is 3. The van der Waals surface area contributed by atoms with E-state index in [9.17, 15) is 4.79 Å². The third-order valence-electron chi connectivity index (χ3n) is 2.65. The average molecular weight is 246 g/mol. The minimum atomic E-state index is -0.518. The fraction of sp³-hybridized carbons (Fsp3) is 0.250. The molecule has 0 aliphatic rings. The van der Waals surface area contributed by atoms with Gasteiger partial charge in [-0.3, -0.25) is 4.98 Å². The number of rotatable bonds is 4. The second-order valence-electron chi connectivity index (χ2n) is 3.77. The monoisotopic (exact) mass is 246 g/mol. The number of hydrogen-bond acceptors (Lipinski definition) is 5. The lowest BCUT2D eigenvalue weighted by Crippen LogP contribution is -2.09. The molecule has 2 heterocycles. The molecule has 0 saturated carbocycles. The standard InChI is InChI=1S/C12H14N4O2/c1-18-12(17)10-11(13)16(8-15-10)7-4-9-2-5-14-6-3-9/h2-3,5-6,8H,4,7,13H2,1H3. The van der Waals surface area contributed by atoms with E-state index >= 15 is 0 Å². The molecule has 0 radical (unpaired) electrons. The zero-order valence-corrected chi connectivity index (χ0v) is 10.0. The molecular formula is C12H14N4O2. The number of imidazole rings is 1. The van der Waals surface area contributed by atoms with Gasteiger partial charge in [0, 0.05) is 18.9 Å². The lowest BCUT2D eigenvalue weighted by molar-refractivity contribution is 0.0596. The van der Waals surface area contributed by atoms with Gasteiger partial charge in [0.25, 0.3) is 0 Å². The van der Waals surface area contributed by atoms with Crippen molar-refractivity contribution in [2.75, 3.05) is 12.8 Å². The van der Waals surface area contributed by atoms with Gasteiger partial charge in [-0.05, 0) is 24.1 Å². The fourth-order valence-electron chi connectivity index (χ4n) is 1.62. The summed E-state index contributed by atoms with van der Waals surface area (Å²) in [6, 6.07) is 3.88. The number of nitrogens with two attached hydrogens (primary N) is 1. The van der Waals surface area contributed by atoms with E-state index in [1.807, 2.05) is 12.1 Å². The Morgan fingerprint density at radius 1 is 1.44 bits per heavy atom. The lowest BCUT2D eigenvalue weighted by Gasteiger charge is -2.05. The Morgan fingerprint density at radius 2 is 2.17 bits per heavy atom. The van der Waals surface area contributed by atoms with Crippen molar-refractivity contribution in [1.29, 1.82) is 0 Å². The highest BCUT2D eigenvalue weighted by molar-refractivity contribution is 5.91. The number of carbonyl (C=O) groups excluding carboxylic acids is 1. The van der Waals surface area contributed by atoms with Gasteiger partial charge < -0.3 is 15.0 Å². The highest BCUT2D eigenvalue weighted by Crippen LogP contribution is 2.12. The Kier molecular flexibility index (Phi) is 3.57. The second kappa shape index (κ2) is 5.31. The van der Waals surface area contributed by atoms with Gasteiger partial charge in [0.05, 0.1) is 13.4 Å². The molecular weight excluding hydrogens is 232 g/mol. The Balaban J connectivity index is 2.07. The first kappa shape index (κ1) is 12.1. The topological polar surface area (TPSA) is 83.0 Å². The molecule has 2 rings (SSSR count). The summed E-state index contributed by atoms with van der Waals surface area (Å²) in [7, 11) is 1.30. The van der Waals surface area contributed by atoms with Crippen LogP contribution in [0.5, 0.6) is 0 Å². The Bertz CT molecular complexity index is 536. The molecule has 94 valence electrons. The van der Waals surface area contributed by atoms with Crippen LogP contribution in [-0.2, 0) is 17.7 Å². The van der Waals surface area contributed by atoms with Crippen molar-refractivity contribution in [2.45, 2.75) is 13.0 Å². The van der Waals surface area contributed by atoms with Crippen LogP contribution in [0.2, 0.25) is 0 Å². The smallest absolute Gasteiger partial charge is 0.360 e. The summed E-state index contributed by atoms with van der Waals surface area (Å²) in [4.78, 5) is 19.2. The molecule has 0 saturated heterocycles. The predicted octanol–water partition coefficient (Wildman–Crippen LogP) is 0.890. The van der Waals surface area contributed by atoms with Crippen molar-refractivity contribution in [1.82, 2.24) is 14.5 Å². The minimum absolute atomic E-state index is 0.159. The van der Waals surface area contributed by atoms with Crippen molar-refractivity contribution in [3.05, 3.63) is 42.1 Å². The normalized spacial score (nSPS) is 10.3. The number of anilines is 1. The largest absolute Gasteiger partial charge is 0.464 e. The van der Waals surface area contributed by atoms with Crippen LogP contribution in [0.15, 0.2) is 30.9 Å². The van der Waals surface area contributed by atoms with Crippen LogP contribution in [0.1, 0.15) is 16.1 Å². The van der Waals surface area contributed by atoms with E-state index in [2.05, 4.69) is 14.7 Å². The number of pyridine rings is 1. The average Bonchev–Trinajstić information content (AvgIpc) is 2.78. The van der Waals surface area contributed by atoms with Gasteiger partial charge in [0.1, 0.15) is 5.82 Å². The Hall–Kier alpha value is -2.37. The molecule has 0 aliphatic carbocycles. The Labute approximate surface area is 104 Å². The maximum atomic E-state index is 11.3. The summed E-state index contributed by atoms with van der Waals surface area (Å²) in [6.45, 7) is 0.653. The van der Waals surface area contributed by atoms with E-state index in [1.165, 1.54) is 7.11 Å². The number of methoxy groups -OCH3 is 1. The third-order valence-corrected chi connectivity index (χ3v) is 2.65. The summed E-state index contributed by atoms with van der Waals surface area (Å²) >= 11 is 0. The zero-order valence-electron chi connectivity index (χ0n) is 10.0. The van der Waals surface area contributed by atoms with Crippen LogP contribution in [0.4, 0.5) is 5.82 Å². The summed E-state index contributed by atoms with van der Waals surface area (Å²) in [5.41, 5.74) is 7.14. The first-order valence-electron chi connectivity index (χ1n) is 5.50. The number of ether oxygens (including phenoxy) is 1. The summed E-state index contributed by atoms with van der Waals surface area (Å²) in [5.74, 6) is -0.189. The minimum Gasteiger partial charge on any atom is -0.464 e. The van der Waals surface area contributed by atoms with Crippen molar-refractivity contribution in [3.63, 3.8) is 0 Å². The number of aryl methyl sites for hydroxylation is 2. The maximum Gasteiger partial charge on any atom is 0.360 e. The van der Waals surface area contributed by atoms with Crippen LogP contribution in [0.3, 0.4) is 0 Å². The summed E-state index contributed by atoms with van der Waals surface area (Å²) < 4.78 is 6.32. The molecule has 6 nitrogen and oxygen atoms in total. The maximum absolute atomic E-state index is 11.3. The molecule has 0 bridgehead atoms. The highest BCUT2D eigenvalue weighted by atomic mass is 16.5. The van der Waals surface area contributed by atoms with Gasteiger partial charge in [0.15, 0.2) is 5.69 Å². The number of carbonyl (C=O) groups is 1. The molecule has 0 fully saturated rings. The molecule has 6 heteroatoms. The van der Waals surface area contributed by atoms with E-state index in [-0.39, 0.29) is 5.69 Å². The van der Waals surface area contributed by atoms with Crippen LogP contribution in [0.25, 0.3) is 0 Å². The quantitative estimate of drug-likeness (QED) is 0.810. The fourth-order valence-corrected chi connectivity index (χ4v) is 1.62. The summed E-state index contributed by atoms with van der Waals surface area (Å²) in [5, 5.41) is 0. The van der Waals surface area contributed by atoms with Crippen molar-refractivity contribution >= 4 is 11.8 Å². The van der Waals surface area contributed by atoms with Crippen LogP contribution in [0, 0.1) is 0 Å². The molecule has 0 spiro atoms. The first-order valence-corrected chi connectivity index (χ1v) is 5.50. The first-order chi connectivity index (χ1) is 8.72. The van der Waals surface area contributed by atoms with Gasteiger partial charge in [-0.15, -0.1) is 0 Å². The van der Waals surface area contributed by atoms with Gasteiger partial charge in [-0.1, -0.05) is 0 Å². The predicted molar refractivity (Wildman–Crippen MR) is 65.9 cm³/mol. The summed E-state index contributed by atoms with van der Waals surface area (Å²) in [6.07, 6.45) is 5.82. The van der Waals surface area contributed by atoms with Crippen LogP contribution >= 0.6 is 0 Å². The molecule has 0 amide bonds. The molecule has 0 aliphatic heterocycles. The molecule has 0 atom stereocenters. The van der Waals surface area contributed by atoms with Gasteiger partial charge >= 0.3 is 5.97 Å². The number of esters is 1. The SMILES string of the molecule is COC(=O)c1ncn(CCc2ccncc2)c1N. The van der Waals surface area contributed by atoms with Crippen molar-refractivity contribution in [3.8, 4) is 0 Å². The zero-order chi connectivity index (χ0) is 13.0. The van der Waals surface area contributed by atoms with E-state index in [0.29, 0.717) is 12.4 Å².